The van der Waals surface area contributed by atoms with E-state index in [1.807, 2.05) is 12.0 Å². The number of nitrogens with zero attached hydrogens (tertiary/aromatic N) is 1. The van der Waals surface area contributed by atoms with E-state index in [4.69, 9.17) is 6.42 Å². The molecule has 0 aliphatic carbocycles. The van der Waals surface area contributed by atoms with Crippen LogP contribution in [0.4, 0.5) is 0 Å². The molecule has 1 saturated heterocycles. The number of amides is 4. The third-order valence-corrected chi connectivity index (χ3v) is 4.17. The summed E-state index contributed by atoms with van der Waals surface area (Å²) in [5.74, 6) is 0.493. The third-order valence-electron chi connectivity index (χ3n) is 4.17. The lowest BCUT2D eigenvalue weighted by Crippen LogP contribution is -2.52. The maximum Gasteiger partial charge on any atom is 0.295 e. The van der Waals surface area contributed by atoms with Gasteiger partial charge in [0.25, 0.3) is 11.8 Å². The number of terminal acetylenes is 1. The summed E-state index contributed by atoms with van der Waals surface area (Å²) in [6.45, 7) is 0.570. The molecular formula is C17H15N3O4. The number of piperidine rings is 1. The standard InChI is InChI=1S/C17H15N3O4/c1-2-14(21)18-8-10-3-4-12-11(7-10)9-20(17(12)24)13-5-6-15(22)19-16(13)23/h1,3-4,7,13H,5-6,8-9H2,(H,18,21)(H,19,22,23). The monoisotopic (exact) mass is 325 g/mol. The van der Waals surface area contributed by atoms with E-state index in [9.17, 15) is 19.2 Å². The summed E-state index contributed by atoms with van der Waals surface area (Å²) in [7, 11) is 0. The van der Waals surface area contributed by atoms with Gasteiger partial charge in [0.15, 0.2) is 0 Å². The molecule has 122 valence electrons. The van der Waals surface area contributed by atoms with Crippen molar-refractivity contribution in [3.8, 4) is 12.3 Å². The summed E-state index contributed by atoms with van der Waals surface area (Å²) < 4.78 is 0. The first-order chi connectivity index (χ1) is 11.5. The summed E-state index contributed by atoms with van der Waals surface area (Å²) >= 11 is 0. The second kappa shape index (κ2) is 6.16. The average molecular weight is 325 g/mol. The van der Waals surface area contributed by atoms with Crippen molar-refractivity contribution in [2.45, 2.75) is 32.0 Å². The largest absolute Gasteiger partial charge is 0.341 e. The van der Waals surface area contributed by atoms with Crippen LogP contribution >= 0.6 is 0 Å². The van der Waals surface area contributed by atoms with Gasteiger partial charge in [-0.05, 0) is 29.5 Å². The highest BCUT2D eigenvalue weighted by atomic mass is 16.2. The van der Waals surface area contributed by atoms with Gasteiger partial charge in [-0.1, -0.05) is 12.1 Å². The molecule has 2 aliphatic rings. The van der Waals surface area contributed by atoms with E-state index in [0.717, 1.165) is 11.1 Å². The van der Waals surface area contributed by atoms with Crippen LogP contribution in [-0.2, 0) is 27.5 Å². The fraction of sp³-hybridized carbons (Fsp3) is 0.294. The Kier molecular flexibility index (Phi) is 4.04. The second-order valence-corrected chi connectivity index (χ2v) is 5.72. The van der Waals surface area contributed by atoms with Gasteiger partial charge in [0.05, 0.1) is 0 Å². The molecule has 3 rings (SSSR count). The van der Waals surface area contributed by atoms with E-state index in [1.54, 1.807) is 12.1 Å². The number of imide groups is 1. The molecule has 2 heterocycles. The Morgan fingerprint density at radius 1 is 1.38 bits per heavy atom. The first kappa shape index (κ1) is 15.7. The van der Waals surface area contributed by atoms with Crippen molar-refractivity contribution in [3.05, 3.63) is 34.9 Å². The molecule has 1 atom stereocenters. The van der Waals surface area contributed by atoms with E-state index in [-0.39, 0.29) is 24.8 Å². The predicted molar refractivity (Wildman–Crippen MR) is 83.2 cm³/mol. The van der Waals surface area contributed by atoms with Crippen LogP contribution in [0.3, 0.4) is 0 Å². The molecule has 7 nitrogen and oxygen atoms in total. The van der Waals surface area contributed by atoms with Crippen molar-refractivity contribution in [1.82, 2.24) is 15.5 Å². The molecule has 1 fully saturated rings. The minimum Gasteiger partial charge on any atom is -0.341 e. The molecular weight excluding hydrogens is 310 g/mol. The van der Waals surface area contributed by atoms with Crippen LogP contribution < -0.4 is 10.6 Å². The highest BCUT2D eigenvalue weighted by Gasteiger charge is 2.38. The fourth-order valence-electron chi connectivity index (χ4n) is 2.97. The number of hydrogen-bond acceptors (Lipinski definition) is 4. The minimum absolute atomic E-state index is 0.222. The molecule has 2 aliphatic heterocycles. The van der Waals surface area contributed by atoms with Crippen molar-refractivity contribution in [2.24, 2.45) is 0 Å². The molecule has 0 saturated carbocycles. The van der Waals surface area contributed by atoms with Crippen molar-refractivity contribution < 1.29 is 19.2 Å². The van der Waals surface area contributed by atoms with Crippen LogP contribution in [0.1, 0.15) is 34.3 Å². The van der Waals surface area contributed by atoms with Crippen LogP contribution in [0.2, 0.25) is 0 Å². The third kappa shape index (κ3) is 2.86. The minimum atomic E-state index is -0.632. The number of carbonyl (C=O) groups excluding carboxylic acids is 4. The fourth-order valence-corrected chi connectivity index (χ4v) is 2.97. The van der Waals surface area contributed by atoms with Crippen molar-refractivity contribution in [2.75, 3.05) is 0 Å². The number of hydrogen-bond donors (Lipinski definition) is 2. The van der Waals surface area contributed by atoms with Crippen molar-refractivity contribution in [3.63, 3.8) is 0 Å². The zero-order chi connectivity index (χ0) is 17.3. The Morgan fingerprint density at radius 2 is 2.17 bits per heavy atom. The van der Waals surface area contributed by atoms with E-state index in [1.165, 1.54) is 4.90 Å². The summed E-state index contributed by atoms with van der Waals surface area (Å²) in [6.07, 6.45) is 5.54. The van der Waals surface area contributed by atoms with Gasteiger partial charge in [0.1, 0.15) is 6.04 Å². The smallest absolute Gasteiger partial charge is 0.295 e. The Labute approximate surface area is 138 Å². The summed E-state index contributed by atoms with van der Waals surface area (Å²) in [4.78, 5) is 48.3. The van der Waals surface area contributed by atoms with Crippen molar-refractivity contribution >= 4 is 23.6 Å². The molecule has 1 unspecified atom stereocenters. The van der Waals surface area contributed by atoms with E-state index in [2.05, 4.69) is 10.6 Å². The lowest BCUT2D eigenvalue weighted by Gasteiger charge is -2.29. The highest BCUT2D eigenvalue weighted by molar-refractivity contribution is 6.05. The van der Waals surface area contributed by atoms with Gasteiger partial charge in [-0.3, -0.25) is 24.5 Å². The average Bonchev–Trinajstić information content (AvgIpc) is 2.89. The van der Waals surface area contributed by atoms with Crippen molar-refractivity contribution in [1.29, 1.82) is 0 Å². The van der Waals surface area contributed by atoms with Crippen LogP contribution in [-0.4, -0.2) is 34.6 Å². The maximum atomic E-state index is 12.5. The number of nitrogens with one attached hydrogen (secondary N) is 2. The van der Waals surface area contributed by atoms with Gasteiger partial charge in [-0.2, -0.15) is 0 Å². The summed E-state index contributed by atoms with van der Waals surface area (Å²) in [5, 5.41) is 4.83. The van der Waals surface area contributed by atoms with Crippen LogP contribution in [0, 0.1) is 12.3 Å². The zero-order valence-electron chi connectivity index (χ0n) is 12.8. The number of fused-ring (bicyclic) bond motifs is 1. The zero-order valence-corrected chi connectivity index (χ0v) is 12.8. The SMILES string of the molecule is C#CC(=O)NCc1ccc2c(c1)CN(C1CCC(=O)NC1=O)C2=O. The van der Waals surface area contributed by atoms with E-state index in [0.29, 0.717) is 18.5 Å². The summed E-state index contributed by atoms with van der Waals surface area (Å²) in [6, 6.07) is 4.60. The molecule has 2 N–H and O–H groups in total. The van der Waals surface area contributed by atoms with Crippen LogP contribution in [0.15, 0.2) is 18.2 Å². The number of benzene rings is 1. The number of rotatable bonds is 3. The van der Waals surface area contributed by atoms with Gasteiger partial charge >= 0.3 is 0 Å². The topological polar surface area (TPSA) is 95.6 Å². The van der Waals surface area contributed by atoms with Gasteiger partial charge in [0, 0.05) is 25.1 Å². The molecule has 4 amide bonds. The Balaban J connectivity index is 1.75. The molecule has 7 heteroatoms. The van der Waals surface area contributed by atoms with E-state index >= 15 is 0 Å². The quantitative estimate of drug-likeness (QED) is 0.589. The molecule has 0 radical (unpaired) electrons. The number of carbonyl (C=O) groups is 4. The van der Waals surface area contributed by atoms with Gasteiger partial charge in [0.2, 0.25) is 11.8 Å². The molecule has 0 bridgehead atoms. The molecule has 1 aromatic rings. The Hall–Kier alpha value is -3.14. The molecule has 0 spiro atoms. The highest BCUT2D eigenvalue weighted by Crippen LogP contribution is 2.28. The predicted octanol–water partition coefficient (Wildman–Crippen LogP) is -0.303. The normalized spacial score (nSPS) is 19.5. The first-order valence-electron chi connectivity index (χ1n) is 7.50. The second-order valence-electron chi connectivity index (χ2n) is 5.72. The maximum absolute atomic E-state index is 12.5. The first-order valence-corrected chi connectivity index (χ1v) is 7.50. The van der Waals surface area contributed by atoms with Gasteiger partial charge in [-0.15, -0.1) is 6.42 Å². The van der Waals surface area contributed by atoms with Crippen LogP contribution in [0.5, 0.6) is 0 Å². The Bertz CT molecular complexity index is 794. The van der Waals surface area contributed by atoms with Gasteiger partial charge < -0.3 is 10.2 Å². The molecule has 1 aromatic carbocycles. The van der Waals surface area contributed by atoms with E-state index < -0.39 is 17.9 Å². The summed E-state index contributed by atoms with van der Waals surface area (Å²) in [5.41, 5.74) is 2.14. The lowest BCUT2D eigenvalue weighted by molar-refractivity contribution is -0.137. The lowest BCUT2D eigenvalue weighted by atomic mass is 10.0. The Morgan fingerprint density at radius 3 is 2.88 bits per heavy atom. The van der Waals surface area contributed by atoms with Gasteiger partial charge in [-0.25, -0.2) is 0 Å². The molecule has 24 heavy (non-hydrogen) atoms. The molecule has 0 aromatic heterocycles. The van der Waals surface area contributed by atoms with Crippen LogP contribution in [0.25, 0.3) is 0 Å².